The van der Waals surface area contributed by atoms with Crippen molar-refractivity contribution in [1.82, 2.24) is 0 Å². The van der Waals surface area contributed by atoms with Gasteiger partial charge in [0.1, 0.15) is 24.9 Å². The minimum Gasteiger partial charge on any atom is -0.458 e. The molecule has 6 rings (SSSR count). The van der Waals surface area contributed by atoms with Gasteiger partial charge in [-0.25, -0.2) is 4.79 Å². The molecule has 2 aliphatic heterocycles. The second-order valence-electron chi connectivity index (χ2n) is 13.8. The molecule has 0 amide bonds. The summed E-state index contributed by atoms with van der Waals surface area (Å²) in [5.41, 5.74) is -2.54. The third-order valence-corrected chi connectivity index (χ3v) is 12.2. The number of fused-ring (bicyclic) bond motifs is 5. The molecule has 5 fully saturated rings. The zero-order chi connectivity index (χ0) is 28.1. The van der Waals surface area contributed by atoms with E-state index in [4.69, 9.17) is 14.2 Å². The first kappa shape index (κ1) is 28.0. The van der Waals surface area contributed by atoms with Gasteiger partial charge in [0, 0.05) is 23.3 Å². The number of cyclic esters (lactones) is 1. The van der Waals surface area contributed by atoms with E-state index in [0.29, 0.717) is 38.5 Å². The maximum absolute atomic E-state index is 12.4. The number of ether oxygens (including phenoxy) is 3. The number of aliphatic hydroxyl groups is 6. The van der Waals surface area contributed by atoms with Crippen LogP contribution in [0.4, 0.5) is 0 Å². The van der Waals surface area contributed by atoms with E-state index in [-0.39, 0.29) is 36.8 Å². The van der Waals surface area contributed by atoms with Gasteiger partial charge in [-0.05, 0) is 75.2 Å². The van der Waals surface area contributed by atoms with Crippen molar-refractivity contribution in [3.05, 3.63) is 11.6 Å². The van der Waals surface area contributed by atoms with Gasteiger partial charge in [0.2, 0.25) is 0 Å². The Bertz CT molecular complexity index is 1030. The van der Waals surface area contributed by atoms with Crippen molar-refractivity contribution in [2.24, 2.45) is 28.6 Å². The predicted molar refractivity (Wildman–Crippen MR) is 136 cm³/mol. The molecule has 4 aliphatic carbocycles. The zero-order valence-electron chi connectivity index (χ0n) is 23.0. The van der Waals surface area contributed by atoms with Crippen LogP contribution in [0, 0.1) is 28.6 Å². The summed E-state index contributed by atoms with van der Waals surface area (Å²) in [6, 6.07) is 0. The van der Waals surface area contributed by atoms with E-state index in [2.05, 4.69) is 0 Å². The summed E-state index contributed by atoms with van der Waals surface area (Å²) >= 11 is 0. The Balaban J connectivity index is 1.22. The fourth-order valence-electron chi connectivity index (χ4n) is 9.89. The number of hydrogen-bond acceptors (Lipinski definition) is 10. The molecule has 0 spiro atoms. The first-order chi connectivity index (χ1) is 18.2. The van der Waals surface area contributed by atoms with Crippen molar-refractivity contribution in [1.29, 1.82) is 0 Å². The van der Waals surface area contributed by atoms with Crippen LogP contribution in [0.15, 0.2) is 11.6 Å². The number of hydrogen-bond donors (Lipinski definition) is 6. The molecule has 2 heterocycles. The highest BCUT2D eigenvalue weighted by atomic mass is 16.7. The van der Waals surface area contributed by atoms with E-state index in [9.17, 15) is 35.4 Å². The molecule has 220 valence electrons. The SMILES string of the molecule is C[C@@H]1O[C@H](O[C@H]2CC[C@]3(C)[C@H]4[C@H](O)C[C@]5(C)[C@@H](C6=CC(=O)OC6)CC[C@]5(O)[C@@H]4CC[C@]3(O)C2)[C@H](O)[C@@H](O)[C@H]1O. The first-order valence-electron chi connectivity index (χ1n) is 14.6. The van der Waals surface area contributed by atoms with Gasteiger partial charge in [0.25, 0.3) is 0 Å². The molecule has 0 bridgehead atoms. The lowest BCUT2D eigenvalue weighted by molar-refractivity contribution is -0.323. The molecule has 0 radical (unpaired) electrons. The highest BCUT2D eigenvalue weighted by Crippen LogP contribution is 2.70. The molecular formula is C29H44O10. The average Bonchev–Trinajstić information content (AvgIpc) is 3.41. The molecule has 0 aromatic rings. The van der Waals surface area contributed by atoms with Crippen molar-refractivity contribution in [3.8, 4) is 0 Å². The van der Waals surface area contributed by atoms with Gasteiger partial charge in [-0.1, -0.05) is 13.8 Å². The van der Waals surface area contributed by atoms with Crippen LogP contribution >= 0.6 is 0 Å². The Labute approximate surface area is 229 Å². The fourth-order valence-corrected chi connectivity index (χ4v) is 9.89. The number of carbonyl (C=O) groups excluding carboxylic acids is 1. The third kappa shape index (κ3) is 3.86. The Morgan fingerprint density at radius 3 is 2.36 bits per heavy atom. The van der Waals surface area contributed by atoms with Crippen molar-refractivity contribution in [3.63, 3.8) is 0 Å². The van der Waals surface area contributed by atoms with E-state index in [1.54, 1.807) is 13.0 Å². The molecule has 39 heavy (non-hydrogen) atoms. The van der Waals surface area contributed by atoms with Crippen LogP contribution in [-0.2, 0) is 19.0 Å². The standard InChI is InChI=1S/C29H44O10/c1-14-22(32)23(33)24(34)25(38-14)39-16-4-7-26(2)21-18(5-8-28(26,35)11-16)29(36)9-6-17(15-10-20(31)37-13-15)27(29,3)12-19(21)30/h10,14,16-19,21-25,30,32-36H,4-9,11-13H2,1-3H3/t14-,16-,17+,18+,19+,21+,22-,23-,24+,25+,26+,27+,28-,29-/m0/s1. The lowest BCUT2D eigenvalue weighted by atomic mass is 9.41. The van der Waals surface area contributed by atoms with Gasteiger partial charge in [-0.2, -0.15) is 0 Å². The maximum atomic E-state index is 12.4. The minimum absolute atomic E-state index is 0.0412. The molecule has 4 saturated carbocycles. The van der Waals surface area contributed by atoms with Crippen molar-refractivity contribution in [2.75, 3.05) is 6.61 Å². The summed E-state index contributed by atoms with van der Waals surface area (Å²) in [5.74, 6) is -0.893. The smallest absolute Gasteiger partial charge is 0.331 e. The van der Waals surface area contributed by atoms with Crippen LogP contribution in [0.3, 0.4) is 0 Å². The van der Waals surface area contributed by atoms with Crippen molar-refractivity contribution in [2.45, 2.75) is 126 Å². The van der Waals surface area contributed by atoms with Crippen LogP contribution in [0.1, 0.15) is 72.1 Å². The molecule has 14 atom stereocenters. The van der Waals surface area contributed by atoms with Crippen LogP contribution in [0.2, 0.25) is 0 Å². The molecule has 1 saturated heterocycles. The molecule has 0 unspecified atom stereocenters. The highest BCUT2D eigenvalue weighted by Gasteiger charge is 2.72. The summed E-state index contributed by atoms with van der Waals surface area (Å²) in [6.45, 7) is 5.92. The highest BCUT2D eigenvalue weighted by molar-refractivity contribution is 5.85. The van der Waals surface area contributed by atoms with Gasteiger partial charge in [0.15, 0.2) is 6.29 Å². The predicted octanol–water partition coefficient (Wildman–Crippen LogP) is 0.542. The lowest BCUT2D eigenvalue weighted by Crippen LogP contribution is -2.71. The zero-order valence-corrected chi connectivity index (χ0v) is 23.0. The largest absolute Gasteiger partial charge is 0.458 e. The number of carbonyl (C=O) groups is 1. The van der Waals surface area contributed by atoms with Gasteiger partial charge < -0.3 is 44.8 Å². The summed E-state index contributed by atoms with van der Waals surface area (Å²) in [7, 11) is 0. The van der Waals surface area contributed by atoms with Gasteiger partial charge in [0.05, 0.1) is 29.5 Å². The van der Waals surface area contributed by atoms with Crippen molar-refractivity contribution < 1.29 is 49.6 Å². The minimum atomic E-state index is -1.41. The lowest BCUT2D eigenvalue weighted by Gasteiger charge is -2.67. The first-order valence-corrected chi connectivity index (χ1v) is 14.6. The summed E-state index contributed by atoms with van der Waals surface area (Å²) in [4.78, 5) is 11.8. The topological polar surface area (TPSA) is 166 Å². The molecule has 10 nitrogen and oxygen atoms in total. The molecule has 6 N–H and O–H groups in total. The molecule has 6 aliphatic rings. The number of esters is 1. The van der Waals surface area contributed by atoms with Crippen molar-refractivity contribution >= 4 is 5.97 Å². The average molecular weight is 553 g/mol. The maximum Gasteiger partial charge on any atom is 0.331 e. The van der Waals surface area contributed by atoms with Crippen LogP contribution in [0.5, 0.6) is 0 Å². The summed E-state index contributed by atoms with van der Waals surface area (Å²) < 4.78 is 16.9. The summed E-state index contributed by atoms with van der Waals surface area (Å²) in [6.07, 6.45) is -1.39. The Kier molecular flexibility index (Phi) is 6.61. The number of aliphatic hydroxyl groups excluding tert-OH is 4. The van der Waals surface area contributed by atoms with Gasteiger partial charge >= 0.3 is 5.97 Å². The monoisotopic (exact) mass is 552 g/mol. The van der Waals surface area contributed by atoms with Crippen LogP contribution < -0.4 is 0 Å². The van der Waals surface area contributed by atoms with E-state index >= 15 is 0 Å². The molecular weight excluding hydrogens is 508 g/mol. The van der Waals surface area contributed by atoms with Crippen LogP contribution in [0.25, 0.3) is 0 Å². The third-order valence-electron chi connectivity index (χ3n) is 12.2. The van der Waals surface area contributed by atoms with Crippen LogP contribution in [-0.4, -0.2) is 97.3 Å². The van der Waals surface area contributed by atoms with E-state index in [1.807, 2.05) is 13.8 Å². The Morgan fingerprint density at radius 2 is 1.67 bits per heavy atom. The van der Waals surface area contributed by atoms with Gasteiger partial charge in [-0.3, -0.25) is 0 Å². The second kappa shape index (κ2) is 9.19. The quantitative estimate of drug-likeness (QED) is 0.215. The Hall–Kier alpha value is -1.11. The fraction of sp³-hybridized carbons (Fsp3) is 0.897. The second-order valence-corrected chi connectivity index (χ2v) is 13.8. The molecule has 0 aromatic carbocycles. The summed E-state index contributed by atoms with van der Waals surface area (Å²) in [5, 5.41) is 66.9. The van der Waals surface area contributed by atoms with Gasteiger partial charge in [-0.15, -0.1) is 0 Å². The van der Waals surface area contributed by atoms with E-state index in [0.717, 1.165) is 12.0 Å². The van der Waals surface area contributed by atoms with E-state index in [1.165, 1.54) is 0 Å². The molecule has 0 aromatic heterocycles. The Morgan fingerprint density at radius 1 is 0.923 bits per heavy atom. The normalized spacial score (nSPS) is 57.3. The van der Waals surface area contributed by atoms with E-state index < -0.39 is 64.9 Å². The molecule has 10 heteroatoms. The number of rotatable bonds is 3.